The van der Waals surface area contributed by atoms with E-state index in [1.54, 1.807) is 6.07 Å². The van der Waals surface area contributed by atoms with E-state index in [-0.39, 0.29) is 12.4 Å². The number of ether oxygens (including phenoxy) is 1. The van der Waals surface area contributed by atoms with Crippen molar-refractivity contribution in [1.82, 2.24) is 0 Å². The van der Waals surface area contributed by atoms with Crippen LogP contribution in [0.2, 0.25) is 0 Å². The summed E-state index contributed by atoms with van der Waals surface area (Å²) < 4.78 is 19.0. The van der Waals surface area contributed by atoms with E-state index >= 15 is 0 Å². The third-order valence-electron chi connectivity index (χ3n) is 2.92. The molecule has 0 fully saturated rings. The van der Waals surface area contributed by atoms with E-state index < -0.39 is 0 Å². The van der Waals surface area contributed by atoms with Gasteiger partial charge in [-0.1, -0.05) is 41.7 Å². The van der Waals surface area contributed by atoms with Crippen molar-refractivity contribution in [3.63, 3.8) is 0 Å². The van der Waals surface area contributed by atoms with Gasteiger partial charge in [-0.25, -0.2) is 4.39 Å². The Kier molecular flexibility index (Phi) is 5.36. The second kappa shape index (κ2) is 7.47. The molecule has 2 rings (SSSR count). The highest BCUT2D eigenvalue weighted by atomic mass is 19.1. The van der Waals surface area contributed by atoms with Gasteiger partial charge in [-0.15, -0.1) is 0 Å². The smallest absolute Gasteiger partial charge is 0.138 e. The third-order valence-corrected chi connectivity index (χ3v) is 2.92. The molecule has 0 atom stereocenters. The first-order valence-electron chi connectivity index (χ1n) is 6.76. The summed E-state index contributed by atoms with van der Waals surface area (Å²) in [5.41, 5.74) is 2.82. The summed E-state index contributed by atoms with van der Waals surface area (Å²) in [4.78, 5) is 0. The molecule has 0 unspecified atom stereocenters. The number of hydrogen-bond acceptors (Lipinski definition) is 2. The average molecular weight is 284 g/mol. The van der Waals surface area contributed by atoms with Crippen LogP contribution in [0.1, 0.15) is 23.1 Å². The first kappa shape index (κ1) is 15.1. The van der Waals surface area contributed by atoms with Crippen LogP contribution in [-0.2, 0) is 6.61 Å². The predicted octanol–water partition coefficient (Wildman–Crippen LogP) is 3.45. The van der Waals surface area contributed by atoms with Gasteiger partial charge in [-0.3, -0.25) is 0 Å². The zero-order chi connectivity index (χ0) is 15.1. The molecule has 0 aliphatic heterocycles. The zero-order valence-corrected chi connectivity index (χ0v) is 11.9. The van der Waals surface area contributed by atoms with E-state index in [4.69, 9.17) is 9.84 Å². The SMILES string of the molecule is Cc1ccc(COc2cc(F)ccc2C#CCCO)cc1. The van der Waals surface area contributed by atoms with E-state index in [9.17, 15) is 4.39 Å². The first-order valence-corrected chi connectivity index (χ1v) is 6.76. The van der Waals surface area contributed by atoms with Crippen molar-refractivity contribution in [3.8, 4) is 17.6 Å². The largest absolute Gasteiger partial charge is 0.487 e. The second-order valence-corrected chi connectivity index (χ2v) is 4.69. The first-order chi connectivity index (χ1) is 10.2. The van der Waals surface area contributed by atoms with Gasteiger partial charge in [0.05, 0.1) is 12.2 Å². The number of rotatable bonds is 4. The van der Waals surface area contributed by atoms with Crippen molar-refractivity contribution < 1.29 is 14.2 Å². The molecular weight excluding hydrogens is 267 g/mol. The van der Waals surface area contributed by atoms with Crippen molar-refractivity contribution in [1.29, 1.82) is 0 Å². The van der Waals surface area contributed by atoms with Crippen LogP contribution in [0.25, 0.3) is 0 Å². The standard InChI is InChI=1S/C18H17FO2/c1-14-5-7-15(8-6-14)13-21-18-12-17(19)10-9-16(18)4-2-3-11-20/h5-10,12,20H,3,11,13H2,1H3. The Morgan fingerprint density at radius 1 is 1.14 bits per heavy atom. The Morgan fingerprint density at radius 3 is 2.62 bits per heavy atom. The molecule has 108 valence electrons. The molecule has 0 aromatic heterocycles. The number of aryl methyl sites for hydroxylation is 1. The summed E-state index contributed by atoms with van der Waals surface area (Å²) in [6, 6.07) is 12.2. The van der Waals surface area contributed by atoms with Crippen molar-refractivity contribution in [3.05, 3.63) is 65.0 Å². The van der Waals surface area contributed by atoms with Crippen molar-refractivity contribution in [2.75, 3.05) is 6.61 Å². The van der Waals surface area contributed by atoms with E-state index in [2.05, 4.69) is 11.8 Å². The number of halogens is 1. The molecule has 3 heteroatoms. The van der Waals surface area contributed by atoms with Gasteiger partial charge >= 0.3 is 0 Å². The summed E-state index contributed by atoms with van der Waals surface area (Å²) in [6.45, 7) is 2.39. The molecule has 0 bridgehead atoms. The lowest BCUT2D eigenvalue weighted by atomic mass is 10.1. The molecule has 1 N–H and O–H groups in total. The van der Waals surface area contributed by atoms with Crippen LogP contribution in [0.3, 0.4) is 0 Å². The number of benzene rings is 2. The fraction of sp³-hybridized carbons (Fsp3) is 0.222. The van der Waals surface area contributed by atoms with Gasteiger partial charge in [0.1, 0.15) is 18.2 Å². The molecule has 0 radical (unpaired) electrons. The van der Waals surface area contributed by atoms with E-state index in [1.165, 1.54) is 17.7 Å². The van der Waals surface area contributed by atoms with Gasteiger partial charge in [0, 0.05) is 12.5 Å². The lowest BCUT2D eigenvalue weighted by Crippen LogP contribution is -1.98. The van der Waals surface area contributed by atoms with Crippen LogP contribution in [0.15, 0.2) is 42.5 Å². The molecule has 2 nitrogen and oxygen atoms in total. The maximum absolute atomic E-state index is 13.3. The maximum atomic E-state index is 13.3. The summed E-state index contributed by atoms with van der Waals surface area (Å²) in [6.07, 6.45) is 0.384. The lowest BCUT2D eigenvalue weighted by Gasteiger charge is -2.09. The summed E-state index contributed by atoms with van der Waals surface area (Å²) >= 11 is 0. The Labute approximate surface area is 124 Å². The molecule has 0 saturated carbocycles. The quantitative estimate of drug-likeness (QED) is 0.871. The number of aliphatic hydroxyl groups is 1. The second-order valence-electron chi connectivity index (χ2n) is 4.69. The Hall–Kier alpha value is -2.31. The molecule has 21 heavy (non-hydrogen) atoms. The van der Waals surface area contributed by atoms with E-state index in [0.29, 0.717) is 24.3 Å². The van der Waals surface area contributed by atoms with Gasteiger partial charge in [0.25, 0.3) is 0 Å². The minimum absolute atomic E-state index is 0.00769. The van der Waals surface area contributed by atoms with Crippen LogP contribution < -0.4 is 4.74 Å². The molecule has 0 saturated heterocycles. The summed E-state index contributed by atoms with van der Waals surface area (Å²) in [5.74, 6) is 5.76. The van der Waals surface area contributed by atoms with Crippen LogP contribution in [-0.4, -0.2) is 11.7 Å². The van der Waals surface area contributed by atoms with Crippen LogP contribution in [0.5, 0.6) is 5.75 Å². The third kappa shape index (κ3) is 4.62. The van der Waals surface area contributed by atoms with Crippen LogP contribution in [0, 0.1) is 24.6 Å². The summed E-state index contributed by atoms with van der Waals surface area (Å²) in [7, 11) is 0. The van der Waals surface area contributed by atoms with E-state index in [1.807, 2.05) is 31.2 Å². The topological polar surface area (TPSA) is 29.5 Å². The minimum Gasteiger partial charge on any atom is -0.487 e. The highest BCUT2D eigenvalue weighted by Crippen LogP contribution is 2.20. The Morgan fingerprint density at radius 2 is 1.90 bits per heavy atom. The van der Waals surface area contributed by atoms with Crippen molar-refractivity contribution in [2.24, 2.45) is 0 Å². The van der Waals surface area contributed by atoms with Crippen molar-refractivity contribution in [2.45, 2.75) is 20.0 Å². The monoisotopic (exact) mass is 284 g/mol. The normalized spacial score (nSPS) is 9.86. The highest BCUT2D eigenvalue weighted by molar-refractivity contribution is 5.46. The molecule has 2 aromatic rings. The number of hydrogen-bond donors (Lipinski definition) is 1. The Bertz CT molecular complexity index is 651. The van der Waals surface area contributed by atoms with Gasteiger partial charge in [-0.05, 0) is 24.6 Å². The lowest BCUT2D eigenvalue weighted by molar-refractivity contribution is 0.303. The van der Waals surface area contributed by atoms with Crippen LogP contribution in [0.4, 0.5) is 4.39 Å². The van der Waals surface area contributed by atoms with Gasteiger partial charge in [-0.2, -0.15) is 0 Å². The fourth-order valence-electron chi connectivity index (χ4n) is 1.78. The minimum atomic E-state index is -0.360. The molecule has 0 spiro atoms. The Balaban J connectivity index is 2.13. The predicted molar refractivity (Wildman–Crippen MR) is 80.5 cm³/mol. The highest BCUT2D eigenvalue weighted by Gasteiger charge is 2.04. The molecule has 0 aliphatic rings. The molecular formula is C18H17FO2. The number of aliphatic hydroxyl groups excluding tert-OH is 1. The van der Waals surface area contributed by atoms with Gasteiger partial charge in [0.15, 0.2) is 0 Å². The maximum Gasteiger partial charge on any atom is 0.138 e. The van der Waals surface area contributed by atoms with Crippen molar-refractivity contribution >= 4 is 0 Å². The van der Waals surface area contributed by atoms with E-state index in [0.717, 1.165) is 5.56 Å². The molecule has 0 amide bonds. The fourth-order valence-corrected chi connectivity index (χ4v) is 1.78. The summed E-state index contributed by atoms with van der Waals surface area (Å²) in [5, 5.41) is 8.74. The van der Waals surface area contributed by atoms with Gasteiger partial charge < -0.3 is 9.84 Å². The van der Waals surface area contributed by atoms with Gasteiger partial charge in [0.2, 0.25) is 0 Å². The zero-order valence-electron chi connectivity index (χ0n) is 11.9. The molecule has 0 aliphatic carbocycles. The molecule has 0 heterocycles. The van der Waals surface area contributed by atoms with Crippen LogP contribution >= 0.6 is 0 Å². The average Bonchev–Trinajstić information content (AvgIpc) is 2.49. The molecule has 2 aromatic carbocycles.